The first-order valence-corrected chi connectivity index (χ1v) is 6.70. The van der Waals surface area contributed by atoms with Gasteiger partial charge in [0.05, 0.1) is 25.6 Å². The van der Waals surface area contributed by atoms with Crippen molar-refractivity contribution in [3.63, 3.8) is 0 Å². The van der Waals surface area contributed by atoms with E-state index in [1.807, 2.05) is 0 Å². The molecule has 0 unspecified atom stereocenters. The molecule has 0 spiro atoms. The quantitative estimate of drug-likeness (QED) is 0.428. The Labute approximate surface area is 112 Å². The first kappa shape index (κ1) is 15.7. The highest BCUT2D eigenvalue weighted by Crippen LogP contribution is 2.25. The van der Waals surface area contributed by atoms with Crippen molar-refractivity contribution in [2.75, 3.05) is 32.8 Å². The maximum Gasteiger partial charge on any atom is 0.306 e. The van der Waals surface area contributed by atoms with Gasteiger partial charge in [0.15, 0.2) is 0 Å². The van der Waals surface area contributed by atoms with Crippen molar-refractivity contribution in [3.8, 4) is 0 Å². The summed E-state index contributed by atoms with van der Waals surface area (Å²) in [6.07, 6.45) is 1.28. The Hall–Kier alpha value is -1.37. The predicted octanol–water partition coefficient (Wildman–Crippen LogP) is 1.16. The van der Waals surface area contributed by atoms with Crippen LogP contribution in [0.15, 0.2) is 0 Å². The van der Waals surface area contributed by atoms with E-state index in [0.29, 0.717) is 25.3 Å². The summed E-state index contributed by atoms with van der Waals surface area (Å²) < 4.78 is 0.731. The number of piperidine rings is 1. The normalized spacial score (nSPS) is 27.2. The molecule has 0 aliphatic carbocycles. The van der Waals surface area contributed by atoms with Crippen LogP contribution in [0, 0.1) is 22.0 Å². The van der Waals surface area contributed by atoms with Crippen molar-refractivity contribution in [2.45, 2.75) is 26.7 Å². The van der Waals surface area contributed by atoms with Gasteiger partial charge in [-0.15, -0.1) is 10.1 Å². The SMILES string of the molecule is CC(C)C[N+]1(CCO[N+](=O)[O-])CCC(C(=O)O)CC1. The van der Waals surface area contributed by atoms with E-state index in [4.69, 9.17) is 5.11 Å². The average Bonchev–Trinajstić information content (AvgIpc) is 2.28. The van der Waals surface area contributed by atoms with Gasteiger partial charge >= 0.3 is 5.97 Å². The lowest BCUT2D eigenvalue weighted by Crippen LogP contribution is -2.57. The van der Waals surface area contributed by atoms with E-state index in [1.165, 1.54) is 0 Å². The number of carboxylic acids is 1. The van der Waals surface area contributed by atoms with Crippen molar-refractivity contribution in [2.24, 2.45) is 11.8 Å². The Kier molecular flexibility index (Phi) is 5.53. The Morgan fingerprint density at radius 1 is 1.47 bits per heavy atom. The third-order valence-electron chi connectivity index (χ3n) is 3.77. The third kappa shape index (κ3) is 5.02. The molecule has 1 heterocycles. The molecule has 110 valence electrons. The van der Waals surface area contributed by atoms with Crippen LogP contribution in [0.3, 0.4) is 0 Å². The molecule has 7 nitrogen and oxygen atoms in total. The minimum atomic E-state index is -0.768. The molecule has 1 aliphatic heterocycles. The number of quaternary nitrogens is 1. The number of hydrogen-bond acceptors (Lipinski definition) is 4. The highest BCUT2D eigenvalue weighted by atomic mass is 16.9. The van der Waals surface area contributed by atoms with Crippen molar-refractivity contribution in [3.05, 3.63) is 10.1 Å². The molecular weight excluding hydrogens is 252 g/mol. The summed E-state index contributed by atoms with van der Waals surface area (Å²) in [6.45, 7) is 7.30. The summed E-state index contributed by atoms with van der Waals surface area (Å²) in [6, 6.07) is 0. The Bertz CT molecular complexity index is 319. The van der Waals surface area contributed by atoms with E-state index in [0.717, 1.165) is 24.1 Å². The van der Waals surface area contributed by atoms with Gasteiger partial charge in [0.25, 0.3) is 5.09 Å². The lowest BCUT2D eigenvalue weighted by molar-refractivity contribution is -0.941. The summed E-state index contributed by atoms with van der Waals surface area (Å²) >= 11 is 0. The predicted molar refractivity (Wildman–Crippen MR) is 67.9 cm³/mol. The first-order chi connectivity index (χ1) is 8.84. The largest absolute Gasteiger partial charge is 0.481 e. The lowest BCUT2D eigenvalue weighted by atomic mass is 9.94. The van der Waals surface area contributed by atoms with Crippen molar-refractivity contribution < 1.29 is 24.3 Å². The van der Waals surface area contributed by atoms with Crippen molar-refractivity contribution in [1.29, 1.82) is 0 Å². The molecular formula is C12H23N2O5+. The molecule has 7 heteroatoms. The van der Waals surface area contributed by atoms with E-state index < -0.39 is 11.1 Å². The fourth-order valence-electron chi connectivity index (χ4n) is 2.94. The number of likely N-dealkylation sites (tertiary alicyclic amines) is 1. The molecule has 1 fully saturated rings. The van der Waals surface area contributed by atoms with Crippen LogP contribution in [-0.2, 0) is 9.63 Å². The fourth-order valence-corrected chi connectivity index (χ4v) is 2.94. The van der Waals surface area contributed by atoms with Gasteiger partial charge in [-0.3, -0.25) is 4.79 Å². The van der Waals surface area contributed by atoms with E-state index in [9.17, 15) is 14.9 Å². The highest BCUT2D eigenvalue weighted by Gasteiger charge is 2.36. The second kappa shape index (κ2) is 6.70. The zero-order chi connectivity index (χ0) is 14.5. The summed E-state index contributed by atoms with van der Waals surface area (Å²) in [5, 5.41) is 18.5. The molecule has 0 aromatic rings. The molecule has 1 aliphatic rings. The summed E-state index contributed by atoms with van der Waals surface area (Å²) in [5.74, 6) is -0.532. The summed E-state index contributed by atoms with van der Waals surface area (Å²) in [4.78, 5) is 25.6. The molecule has 0 aromatic heterocycles. The van der Waals surface area contributed by atoms with Gasteiger partial charge in [-0.25, -0.2) is 0 Å². The molecule has 0 saturated carbocycles. The molecule has 1 N–H and O–H groups in total. The number of carboxylic acid groups (broad SMARTS) is 1. The van der Waals surface area contributed by atoms with Crippen LogP contribution in [0.25, 0.3) is 0 Å². The molecule has 0 radical (unpaired) electrons. The number of nitrogens with zero attached hydrogens (tertiary/aromatic N) is 2. The topological polar surface area (TPSA) is 89.7 Å². The standard InChI is InChI=1S/C12H22N2O5/c1-10(2)9-14(7-8-19-13(17)18)5-3-11(4-6-14)12(15)16/h10-11H,3-9H2,1-2H3/p+1. The van der Waals surface area contributed by atoms with Crippen molar-refractivity contribution in [1.82, 2.24) is 0 Å². The zero-order valence-corrected chi connectivity index (χ0v) is 11.6. The molecule has 1 rings (SSSR count). The van der Waals surface area contributed by atoms with Gasteiger partial charge in [-0.05, 0) is 0 Å². The van der Waals surface area contributed by atoms with E-state index >= 15 is 0 Å². The maximum atomic E-state index is 11.0. The summed E-state index contributed by atoms with van der Waals surface area (Å²) in [7, 11) is 0. The molecule has 19 heavy (non-hydrogen) atoms. The van der Waals surface area contributed by atoms with Crippen LogP contribution >= 0.6 is 0 Å². The van der Waals surface area contributed by atoms with Gasteiger partial charge < -0.3 is 14.4 Å². The van der Waals surface area contributed by atoms with Crippen LogP contribution in [-0.4, -0.2) is 53.4 Å². The second-order valence-electron chi connectivity index (χ2n) is 5.76. The minimum absolute atomic E-state index is 0.0808. The second-order valence-corrected chi connectivity index (χ2v) is 5.76. The highest BCUT2D eigenvalue weighted by molar-refractivity contribution is 5.69. The minimum Gasteiger partial charge on any atom is -0.481 e. The summed E-state index contributed by atoms with van der Waals surface area (Å²) in [5.41, 5.74) is 0. The van der Waals surface area contributed by atoms with Crippen LogP contribution in [0.2, 0.25) is 0 Å². The van der Waals surface area contributed by atoms with Gasteiger partial charge in [-0.2, -0.15) is 0 Å². The van der Waals surface area contributed by atoms with Crippen LogP contribution < -0.4 is 0 Å². The molecule has 0 atom stereocenters. The van der Waals surface area contributed by atoms with Gasteiger partial charge in [0.1, 0.15) is 13.2 Å². The molecule has 1 saturated heterocycles. The van der Waals surface area contributed by atoms with Crippen LogP contribution in [0.5, 0.6) is 0 Å². The lowest BCUT2D eigenvalue weighted by Gasteiger charge is -2.44. The number of hydrogen-bond donors (Lipinski definition) is 1. The Balaban J connectivity index is 2.57. The number of carbonyl (C=O) groups is 1. The molecule has 0 bridgehead atoms. The van der Waals surface area contributed by atoms with Gasteiger partial charge in [0.2, 0.25) is 0 Å². The number of rotatable bonds is 7. The Morgan fingerprint density at radius 2 is 2.05 bits per heavy atom. The van der Waals surface area contributed by atoms with E-state index in [1.54, 1.807) is 0 Å². The monoisotopic (exact) mass is 275 g/mol. The first-order valence-electron chi connectivity index (χ1n) is 6.70. The average molecular weight is 275 g/mol. The smallest absolute Gasteiger partial charge is 0.306 e. The van der Waals surface area contributed by atoms with E-state index in [-0.39, 0.29) is 12.5 Å². The zero-order valence-electron chi connectivity index (χ0n) is 11.6. The van der Waals surface area contributed by atoms with Gasteiger partial charge in [0, 0.05) is 18.8 Å². The van der Waals surface area contributed by atoms with Crippen LogP contribution in [0.1, 0.15) is 26.7 Å². The molecule has 0 aromatic carbocycles. The number of aliphatic carboxylic acids is 1. The van der Waals surface area contributed by atoms with E-state index in [2.05, 4.69) is 18.7 Å². The third-order valence-corrected chi connectivity index (χ3v) is 3.77. The van der Waals surface area contributed by atoms with Crippen LogP contribution in [0.4, 0.5) is 0 Å². The maximum absolute atomic E-state index is 11.0. The fraction of sp³-hybridized carbons (Fsp3) is 0.917. The molecule has 0 amide bonds. The van der Waals surface area contributed by atoms with Crippen molar-refractivity contribution >= 4 is 5.97 Å². The Morgan fingerprint density at radius 3 is 2.47 bits per heavy atom. The van der Waals surface area contributed by atoms with Gasteiger partial charge in [-0.1, -0.05) is 13.8 Å².